The SMILES string of the molecule is C=C(C)C#C[C@](O)(C(=O)O[C@@H]1CN2CCC1CC2)C(C)C. The largest absolute Gasteiger partial charge is 0.458 e. The van der Waals surface area contributed by atoms with Crippen LogP contribution in [0.3, 0.4) is 0 Å². The minimum Gasteiger partial charge on any atom is -0.458 e. The van der Waals surface area contributed by atoms with Crippen molar-refractivity contribution < 1.29 is 14.6 Å². The molecule has 1 N–H and O–H groups in total. The van der Waals surface area contributed by atoms with Gasteiger partial charge in [0.15, 0.2) is 0 Å². The lowest BCUT2D eigenvalue weighted by molar-refractivity contribution is -0.177. The average molecular weight is 291 g/mol. The molecule has 3 heterocycles. The third-order valence-electron chi connectivity index (χ3n) is 4.47. The van der Waals surface area contributed by atoms with Gasteiger partial charge in [-0.2, -0.15) is 0 Å². The van der Waals surface area contributed by atoms with Crippen LogP contribution in [0.1, 0.15) is 33.6 Å². The lowest BCUT2D eigenvalue weighted by atomic mass is 9.85. The number of nitrogens with zero attached hydrogens (tertiary/aromatic N) is 1. The zero-order chi connectivity index (χ0) is 15.6. The van der Waals surface area contributed by atoms with Crippen molar-refractivity contribution >= 4 is 5.97 Å². The molecule has 116 valence electrons. The van der Waals surface area contributed by atoms with Crippen LogP contribution in [0.15, 0.2) is 12.2 Å². The number of aliphatic hydroxyl groups is 1. The molecule has 0 radical (unpaired) electrons. The van der Waals surface area contributed by atoms with Crippen molar-refractivity contribution in [1.29, 1.82) is 0 Å². The van der Waals surface area contributed by atoms with E-state index < -0.39 is 11.6 Å². The van der Waals surface area contributed by atoms with E-state index in [2.05, 4.69) is 23.3 Å². The molecule has 4 nitrogen and oxygen atoms in total. The number of allylic oxidation sites excluding steroid dienone is 1. The van der Waals surface area contributed by atoms with Gasteiger partial charge in [0.1, 0.15) is 6.10 Å². The Labute approximate surface area is 127 Å². The summed E-state index contributed by atoms with van der Waals surface area (Å²) < 4.78 is 5.62. The van der Waals surface area contributed by atoms with Crippen molar-refractivity contribution in [2.24, 2.45) is 11.8 Å². The summed E-state index contributed by atoms with van der Waals surface area (Å²) in [6.07, 6.45) is 2.02. The molecule has 4 heteroatoms. The molecule has 0 spiro atoms. The van der Waals surface area contributed by atoms with E-state index >= 15 is 0 Å². The molecule has 2 bridgehead atoms. The van der Waals surface area contributed by atoms with Gasteiger partial charge in [0.25, 0.3) is 0 Å². The molecule has 3 rings (SSSR count). The number of piperidine rings is 3. The number of esters is 1. The highest BCUT2D eigenvalue weighted by atomic mass is 16.6. The van der Waals surface area contributed by atoms with E-state index in [0.29, 0.717) is 11.5 Å². The Bertz CT molecular complexity index is 480. The number of carbonyl (C=O) groups excluding carboxylic acids is 1. The maximum atomic E-state index is 12.4. The molecular weight excluding hydrogens is 266 g/mol. The van der Waals surface area contributed by atoms with Gasteiger partial charge in [-0.1, -0.05) is 32.3 Å². The van der Waals surface area contributed by atoms with E-state index in [1.165, 1.54) is 0 Å². The van der Waals surface area contributed by atoms with Crippen LogP contribution in [0, 0.1) is 23.7 Å². The lowest BCUT2D eigenvalue weighted by Gasteiger charge is -2.44. The molecule has 3 aliphatic rings. The zero-order valence-corrected chi connectivity index (χ0v) is 13.2. The van der Waals surface area contributed by atoms with Crippen LogP contribution in [0.25, 0.3) is 0 Å². The molecule has 3 saturated heterocycles. The van der Waals surface area contributed by atoms with Crippen molar-refractivity contribution in [2.75, 3.05) is 19.6 Å². The Balaban J connectivity index is 2.09. The second kappa shape index (κ2) is 6.21. The molecule has 21 heavy (non-hydrogen) atoms. The van der Waals surface area contributed by atoms with Crippen LogP contribution in [0.5, 0.6) is 0 Å². The fourth-order valence-corrected chi connectivity index (χ4v) is 2.90. The summed E-state index contributed by atoms with van der Waals surface area (Å²) in [7, 11) is 0. The van der Waals surface area contributed by atoms with Gasteiger partial charge in [0.05, 0.1) is 0 Å². The first-order valence-electron chi connectivity index (χ1n) is 7.67. The Morgan fingerprint density at radius 1 is 1.43 bits per heavy atom. The van der Waals surface area contributed by atoms with Crippen molar-refractivity contribution in [2.45, 2.75) is 45.3 Å². The summed E-state index contributed by atoms with van der Waals surface area (Å²) >= 11 is 0. The fourth-order valence-electron chi connectivity index (χ4n) is 2.90. The molecule has 0 aromatic rings. The fraction of sp³-hybridized carbons (Fsp3) is 0.706. The van der Waals surface area contributed by atoms with Crippen LogP contribution >= 0.6 is 0 Å². The Morgan fingerprint density at radius 3 is 2.48 bits per heavy atom. The van der Waals surface area contributed by atoms with Crippen LogP contribution in [-0.4, -0.2) is 47.3 Å². The number of ether oxygens (including phenoxy) is 1. The third-order valence-corrected chi connectivity index (χ3v) is 4.47. The molecular formula is C17H25NO3. The van der Waals surface area contributed by atoms with E-state index in [4.69, 9.17) is 4.74 Å². The summed E-state index contributed by atoms with van der Waals surface area (Å²) in [5, 5.41) is 10.6. The highest BCUT2D eigenvalue weighted by molar-refractivity contribution is 5.84. The van der Waals surface area contributed by atoms with Gasteiger partial charge in [0, 0.05) is 12.5 Å². The van der Waals surface area contributed by atoms with Gasteiger partial charge in [-0.15, -0.1) is 0 Å². The monoisotopic (exact) mass is 291 g/mol. The standard InChI is InChI=1S/C17H25NO3/c1-12(2)5-8-17(20,13(3)4)16(19)21-15-11-18-9-6-14(15)7-10-18/h13-15,20H,1,6-7,9-11H2,2-4H3/t15-,17-/m1/s1. The van der Waals surface area contributed by atoms with E-state index in [0.717, 1.165) is 32.5 Å². The van der Waals surface area contributed by atoms with E-state index in [9.17, 15) is 9.90 Å². The minimum atomic E-state index is -1.76. The summed E-state index contributed by atoms with van der Waals surface area (Å²) in [6.45, 7) is 11.9. The zero-order valence-electron chi connectivity index (χ0n) is 13.2. The van der Waals surface area contributed by atoms with Crippen LogP contribution in [-0.2, 0) is 9.53 Å². The van der Waals surface area contributed by atoms with Gasteiger partial charge in [0.2, 0.25) is 5.60 Å². The second-order valence-corrected chi connectivity index (χ2v) is 6.53. The predicted octanol–water partition coefficient (Wildman–Crippen LogP) is 1.59. The Hall–Kier alpha value is -1.31. The van der Waals surface area contributed by atoms with Gasteiger partial charge in [-0.05, 0) is 44.3 Å². The van der Waals surface area contributed by atoms with E-state index in [-0.39, 0.29) is 12.0 Å². The number of hydrogen-bond acceptors (Lipinski definition) is 4. The summed E-state index contributed by atoms with van der Waals surface area (Å²) in [5.74, 6) is 4.83. The van der Waals surface area contributed by atoms with Crippen LogP contribution in [0.4, 0.5) is 0 Å². The molecule has 3 fully saturated rings. The summed E-state index contributed by atoms with van der Waals surface area (Å²) in [6, 6.07) is 0. The lowest BCUT2D eigenvalue weighted by Crippen LogP contribution is -2.54. The first kappa shape index (κ1) is 16.1. The van der Waals surface area contributed by atoms with E-state index in [1.807, 2.05) is 0 Å². The molecule has 0 aromatic heterocycles. The highest BCUT2D eigenvalue weighted by Crippen LogP contribution is 2.31. The van der Waals surface area contributed by atoms with Crippen molar-refractivity contribution in [1.82, 2.24) is 4.90 Å². The quantitative estimate of drug-likeness (QED) is 0.634. The Kier molecular flexibility index (Phi) is 4.75. The first-order valence-corrected chi connectivity index (χ1v) is 7.67. The molecule has 0 aromatic carbocycles. The first-order chi connectivity index (χ1) is 9.83. The summed E-state index contributed by atoms with van der Waals surface area (Å²) in [5.41, 5.74) is -1.14. The van der Waals surface area contributed by atoms with Gasteiger partial charge < -0.3 is 9.84 Å². The number of fused-ring (bicyclic) bond motifs is 3. The maximum absolute atomic E-state index is 12.4. The number of rotatable bonds is 3. The number of carbonyl (C=O) groups is 1. The van der Waals surface area contributed by atoms with Crippen LogP contribution in [0.2, 0.25) is 0 Å². The third kappa shape index (κ3) is 3.48. The summed E-state index contributed by atoms with van der Waals surface area (Å²) in [4.78, 5) is 14.8. The van der Waals surface area contributed by atoms with Crippen molar-refractivity contribution in [3.8, 4) is 11.8 Å². The molecule has 0 saturated carbocycles. The molecule has 3 aliphatic heterocycles. The highest BCUT2D eigenvalue weighted by Gasteiger charge is 2.44. The molecule has 0 aliphatic carbocycles. The smallest absolute Gasteiger partial charge is 0.351 e. The molecule has 2 atom stereocenters. The van der Waals surface area contributed by atoms with Crippen LogP contribution < -0.4 is 0 Å². The second-order valence-electron chi connectivity index (χ2n) is 6.53. The van der Waals surface area contributed by atoms with Gasteiger partial charge in [-0.25, -0.2) is 4.79 Å². The molecule has 0 unspecified atom stereocenters. The van der Waals surface area contributed by atoms with Crippen molar-refractivity contribution in [3.63, 3.8) is 0 Å². The van der Waals surface area contributed by atoms with Gasteiger partial charge in [-0.3, -0.25) is 4.90 Å². The maximum Gasteiger partial charge on any atom is 0.351 e. The van der Waals surface area contributed by atoms with Gasteiger partial charge >= 0.3 is 5.97 Å². The molecule has 0 amide bonds. The Morgan fingerprint density at radius 2 is 2.05 bits per heavy atom. The topological polar surface area (TPSA) is 49.8 Å². The predicted molar refractivity (Wildman–Crippen MR) is 81.4 cm³/mol. The normalized spacial score (nSPS) is 30.2. The minimum absolute atomic E-state index is 0.114. The van der Waals surface area contributed by atoms with Crippen molar-refractivity contribution in [3.05, 3.63) is 12.2 Å². The number of hydrogen-bond donors (Lipinski definition) is 1. The van der Waals surface area contributed by atoms with E-state index in [1.54, 1.807) is 20.8 Å². The average Bonchev–Trinajstić information content (AvgIpc) is 2.45.